The molecular formula is C24H22F2N4O4S. The summed E-state index contributed by atoms with van der Waals surface area (Å²) in [6.45, 7) is 0.282. The molecular weight excluding hydrogens is 478 g/mol. The van der Waals surface area contributed by atoms with Crippen LogP contribution < -0.4 is 15.8 Å². The summed E-state index contributed by atoms with van der Waals surface area (Å²) in [5.41, 5.74) is 0.341. The van der Waals surface area contributed by atoms with Crippen molar-refractivity contribution in [1.82, 2.24) is 4.90 Å². The zero-order valence-electron chi connectivity index (χ0n) is 18.4. The van der Waals surface area contributed by atoms with E-state index < -0.39 is 39.6 Å². The first-order valence-corrected chi connectivity index (χ1v) is 12.2. The minimum atomic E-state index is -4.03. The van der Waals surface area contributed by atoms with Crippen molar-refractivity contribution in [2.24, 2.45) is 5.14 Å². The number of primary sulfonamides is 1. The molecule has 182 valence electrons. The summed E-state index contributed by atoms with van der Waals surface area (Å²) >= 11 is 0. The van der Waals surface area contributed by atoms with E-state index in [1.54, 1.807) is 12.1 Å². The van der Waals surface area contributed by atoms with Gasteiger partial charge in [0.05, 0.1) is 16.3 Å². The van der Waals surface area contributed by atoms with Crippen LogP contribution in [-0.4, -0.2) is 37.8 Å². The van der Waals surface area contributed by atoms with Gasteiger partial charge in [-0.3, -0.25) is 4.79 Å². The molecule has 1 heterocycles. The number of carbonyl (C=O) groups excluding carboxylic acids is 2. The predicted octanol–water partition coefficient (Wildman–Crippen LogP) is 3.91. The molecule has 3 aromatic rings. The molecule has 1 fully saturated rings. The minimum Gasteiger partial charge on any atom is -0.322 e. The number of halogens is 2. The van der Waals surface area contributed by atoms with Crippen LogP contribution in [0.4, 0.5) is 25.0 Å². The highest BCUT2D eigenvalue weighted by Gasteiger charge is 2.34. The summed E-state index contributed by atoms with van der Waals surface area (Å²) in [6.07, 6.45) is 0.909. The molecule has 0 saturated carbocycles. The molecule has 4 N–H and O–H groups in total. The van der Waals surface area contributed by atoms with Gasteiger partial charge >= 0.3 is 6.03 Å². The molecule has 0 aromatic heterocycles. The summed E-state index contributed by atoms with van der Waals surface area (Å²) in [5.74, 6) is -1.99. The van der Waals surface area contributed by atoms with E-state index in [9.17, 15) is 26.8 Å². The molecule has 4 rings (SSSR count). The first-order valence-electron chi connectivity index (χ1n) is 10.7. The lowest BCUT2D eigenvalue weighted by Crippen LogP contribution is -2.45. The Morgan fingerprint density at radius 1 is 0.914 bits per heavy atom. The van der Waals surface area contributed by atoms with Gasteiger partial charge in [-0.2, -0.15) is 0 Å². The second-order valence-corrected chi connectivity index (χ2v) is 9.52. The van der Waals surface area contributed by atoms with E-state index in [0.29, 0.717) is 12.8 Å². The number of urea groups is 1. The summed E-state index contributed by atoms with van der Waals surface area (Å²) in [4.78, 5) is 26.6. The molecule has 8 nitrogen and oxygen atoms in total. The van der Waals surface area contributed by atoms with Gasteiger partial charge in [0.15, 0.2) is 0 Å². The quantitative estimate of drug-likeness (QED) is 0.492. The van der Waals surface area contributed by atoms with Crippen LogP contribution in [-0.2, 0) is 14.8 Å². The number of sulfonamides is 1. The monoisotopic (exact) mass is 500 g/mol. The zero-order valence-corrected chi connectivity index (χ0v) is 19.2. The van der Waals surface area contributed by atoms with E-state index in [-0.39, 0.29) is 33.9 Å². The topological polar surface area (TPSA) is 122 Å². The lowest BCUT2D eigenvalue weighted by atomic mass is 10.0. The smallest absolute Gasteiger partial charge is 0.322 e. The Hall–Kier alpha value is -3.83. The molecule has 1 aliphatic heterocycles. The zero-order chi connectivity index (χ0) is 25.2. The van der Waals surface area contributed by atoms with Crippen LogP contribution in [0.1, 0.15) is 12.8 Å². The standard InChI is InChI=1S/C24H22F2N4O4S/c25-17-7-2-3-8-19(17)29-24(32)30-13-5-9-21(30)23(31)28-20-12-11-15(14-18(20)26)16-6-1-4-10-22(16)35(27,33)34/h1-4,6-8,10-12,14,21H,5,9,13H2,(H,28,31)(H,29,32)(H2,27,33,34). The van der Waals surface area contributed by atoms with E-state index in [2.05, 4.69) is 10.6 Å². The maximum Gasteiger partial charge on any atom is 0.322 e. The van der Waals surface area contributed by atoms with Gasteiger partial charge in [0.1, 0.15) is 17.7 Å². The number of hydrogen-bond donors (Lipinski definition) is 3. The molecule has 0 aliphatic carbocycles. The van der Waals surface area contributed by atoms with Crippen molar-refractivity contribution < 1.29 is 26.8 Å². The Balaban J connectivity index is 1.50. The van der Waals surface area contributed by atoms with Crippen molar-refractivity contribution in [3.63, 3.8) is 0 Å². The SMILES string of the molecule is NS(=O)(=O)c1ccccc1-c1ccc(NC(=O)C2CCCN2C(=O)Nc2ccccc2F)c(F)c1. The van der Waals surface area contributed by atoms with E-state index in [1.807, 2.05) is 0 Å². The van der Waals surface area contributed by atoms with Crippen LogP contribution in [0.2, 0.25) is 0 Å². The molecule has 1 saturated heterocycles. The van der Waals surface area contributed by atoms with Gasteiger partial charge in [-0.1, -0.05) is 36.4 Å². The van der Waals surface area contributed by atoms with Crippen molar-refractivity contribution in [2.75, 3.05) is 17.2 Å². The summed E-state index contributed by atoms with van der Waals surface area (Å²) in [6, 6.07) is 13.9. The number of nitrogens with zero attached hydrogens (tertiary/aromatic N) is 1. The van der Waals surface area contributed by atoms with Crippen LogP contribution in [0.25, 0.3) is 11.1 Å². The van der Waals surface area contributed by atoms with Crippen LogP contribution in [0.15, 0.2) is 71.6 Å². The summed E-state index contributed by atoms with van der Waals surface area (Å²) < 4.78 is 52.5. The first kappa shape index (κ1) is 24.3. The molecule has 1 aliphatic rings. The second kappa shape index (κ2) is 9.80. The Labute approximate surface area is 200 Å². The Morgan fingerprint density at radius 2 is 1.60 bits per heavy atom. The van der Waals surface area contributed by atoms with Gasteiger partial charge in [-0.05, 0) is 48.7 Å². The van der Waals surface area contributed by atoms with E-state index in [1.165, 1.54) is 53.4 Å². The van der Waals surface area contributed by atoms with Crippen molar-refractivity contribution in [3.05, 3.63) is 78.4 Å². The lowest BCUT2D eigenvalue weighted by molar-refractivity contribution is -0.119. The van der Waals surface area contributed by atoms with E-state index in [0.717, 1.165) is 6.07 Å². The number of hydrogen-bond acceptors (Lipinski definition) is 4. The Morgan fingerprint density at radius 3 is 2.31 bits per heavy atom. The van der Waals surface area contributed by atoms with Gasteiger partial charge < -0.3 is 15.5 Å². The fourth-order valence-corrected chi connectivity index (χ4v) is 4.75. The maximum atomic E-state index is 14.9. The fraction of sp³-hybridized carbons (Fsp3) is 0.167. The number of rotatable bonds is 5. The third kappa shape index (κ3) is 5.31. The average Bonchev–Trinajstić information content (AvgIpc) is 3.32. The van der Waals surface area contributed by atoms with Crippen LogP contribution in [0.3, 0.4) is 0 Å². The van der Waals surface area contributed by atoms with Gasteiger partial charge in [0.2, 0.25) is 15.9 Å². The van der Waals surface area contributed by atoms with Crippen molar-refractivity contribution >= 4 is 33.3 Å². The molecule has 0 bridgehead atoms. The van der Waals surface area contributed by atoms with Gasteiger partial charge in [-0.25, -0.2) is 27.1 Å². The highest BCUT2D eigenvalue weighted by atomic mass is 32.2. The Bertz CT molecular complexity index is 1400. The number of carbonyl (C=O) groups is 2. The van der Waals surface area contributed by atoms with E-state index in [4.69, 9.17) is 5.14 Å². The van der Waals surface area contributed by atoms with Gasteiger partial charge in [-0.15, -0.1) is 0 Å². The first-order chi connectivity index (χ1) is 16.6. The predicted molar refractivity (Wildman–Crippen MR) is 127 cm³/mol. The number of anilines is 2. The summed E-state index contributed by atoms with van der Waals surface area (Å²) in [5, 5.41) is 10.2. The number of nitrogens with two attached hydrogens (primary N) is 1. The highest BCUT2D eigenvalue weighted by molar-refractivity contribution is 7.89. The fourth-order valence-electron chi connectivity index (χ4n) is 3.99. The largest absolute Gasteiger partial charge is 0.322 e. The number of benzene rings is 3. The average molecular weight is 501 g/mol. The second-order valence-electron chi connectivity index (χ2n) is 7.99. The molecule has 3 amide bonds. The molecule has 0 spiro atoms. The van der Waals surface area contributed by atoms with Crippen molar-refractivity contribution in [1.29, 1.82) is 0 Å². The maximum absolute atomic E-state index is 14.9. The molecule has 1 unspecified atom stereocenters. The van der Waals surface area contributed by atoms with Gasteiger partial charge in [0.25, 0.3) is 0 Å². The molecule has 3 aromatic carbocycles. The number of para-hydroxylation sites is 1. The normalized spacial score (nSPS) is 15.6. The number of amides is 3. The van der Waals surface area contributed by atoms with Gasteiger partial charge in [0, 0.05) is 12.1 Å². The third-order valence-corrected chi connectivity index (χ3v) is 6.63. The molecule has 1 atom stereocenters. The van der Waals surface area contributed by atoms with Crippen molar-refractivity contribution in [3.8, 4) is 11.1 Å². The number of nitrogens with one attached hydrogen (secondary N) is 2. The summed E-state index contributed by atoms with van der Waals surface area (Å²) in [7, 11) is -4.03. The van der Waals surface area contributed by atoms with Crippen LogP contribution >= 0.6 is 0 Å². The highest BCUT2D eigenvalue weighted by Crippen LogP contribution is 2.30. The molecule has 11 heteroatoms. The van der Waals surface area contributed by atoms with Crippen LogP contribution in [0.5, 0.6) is 0 Å². The lowest BCUT2D eigenvalue weighted by Gasteiger charge is -2.24. The molecule has 35 heavy (non-hydrogen) atoms. The van der Waals surface area contributed by atoms with Crippen LogP contribution in [0, 0.1) is 11.6 Å². The Kier molecular flexibility index (Phi) is 6.81. The molecule has 0 radical (unpaired) electrons. The van der Waals surface area contributed by atoms with E-state index >= 15 is 0 Å². The third-order valence-electron chi connectivity index (χ3n) is 5.66. The number of likely N-dealkylation sites (tertiary alicyclic amines) is 1. The minimum absolute atomic E-state index is 0.00929. The van der Waals surface area contributed by atoms with Crippen molar-refractivity contribution in [2.45, 2.75) is 23.8 Å².